The van der Waals surface area contributed by atoms with Crippen LogP contribution >= 0.6 is 0 Å². The van der Waals surface area contributed by atoms with Crippen molar-refractivity contribution in [1.29, 1.82) is 0 Å². The molecule has 0 fully saturated rings. The summed E-state index contributed by atoms with van der Waals surface area (Å²) in [6.45, 7) is 4.84. The van der Waals surface area contributed by atoms with Crippen LogP contribution in [-0.2, 0) is 0 Å². The van der Waals surface area contributed by atoms with Crippen molar-refractivity contribution in [1.82, 2.24) is 4.90 Å². The molecular weight excluding hydrogens is 112 g/mol. The summed E-state index contributed by atoms with van der Waals surface area (Å²) >= 11 is 0. The second-order valence-electron chi connectivity index (χ2n) is 2.30. The zero-order valence-corrected chi connectivity index (χ0v) is 5.80. The summed E-state index contributed by atoms with van der Waals surface area (Å²) in [6, 6.07) is 0. The van der Waals surface area contributed by atoms with Gasteiger partial charge in [-0.2, -0.15) is 0 Å². The lowest BCUT2D eigenvalue weighted by atomic mass is 10.2. The molecule has 0 aliphatic carbocycles. The van der Waals surface area contributed by atoms with Crippen LogP contribution in [0.1, 0.15) is 12.8 Å². The van der Waals surface area contributed by atoms with Gasteiger partial charge in [-0.1, -0.05) is 6.58 Å². The number of hydrogen-bond donors (Lipinski definition) is 0. The monoisotopic (exact) mass is 124 g/mol. The topological polar surface area (TPSA) is 15.6 Å². The van der Waals surface area contributed by atoms with Crippen molar-refractivity contribution < 1.29 is 0 Å². The Morgan fingerprint density at radius 1 is 1.78 bits per heavy atom. The first kappa shape index (κ1) is 6.33. The first-order valence-electron chi connectivity index (χ1n) is 3.21. The maximum atomic E-state index is 4.14. The van der Waals surface area contributed by atoms with Crippen LogP contribution in [0.15, 0.2) is 17.3 Å². The van der Waals surface area contributed by atoms with Crippen molar-refractivity contribution >= 4 is 6.34 Å². The Labute approximate surface area is 55.9 Å². The van der Waals surface area contributed by atoms with Crippen molar-refractivity contribution in [3.05, 3.63) is 12.3 Å². The van der Waals surface area contributed by atoms with E-state index in [1.165, 1.54) is 0 Å². The molecule has 0 aromatic heterocycles. The molecule has 50 valence electrons. The van der Waals surface area contributed by atoms with Gasteiger partial charge in [0.25, 0.3) is 0 Å². The van der Waals surface area contributed by atoms with E-state index in [0.29, 0.717) is 0 Å². The molecule has 2 heteroatoms. The Morgan fingerprint density at radius 3 is 3.33 bits per heavy atom. The van der Waals surface area contributed by atoms with Crippen molar-refractivity contribution in [3.63, 3.8) is 0 Å². The highest BCUT2D eigenvalue weighted by atomic mass is 15.1. The summed E-state index contributed by atoms with van der Waals surface area (Å²) in [6.07, 6.45) is 4.06. The Morgan fingerprint density at radius 2 is 2.56 bits per heavy atom. The van der Waals surface area contributed by atoms with Gasteiger partial charge in [-0.25, -0.2) is 0 Å². The molecule has 0 unspecified atom stereocenters. The van der Waals surface area contributed by atoms with Gasteiger partial charge in [0.2, 0.25) is 0 Å². The molecule has 0 atom stereocenters. The van der Waals surface area contributed by atoms with Crippen LogP contribution in [0.3, 0.4) is 0 Å². The second kappa shape index (κ2) is 2.67. The molecule has 0 radical (unpaired) electrons. The van der Waals surface area contributed by atoms with E-state index in [4.69, 9.17) is 0 Å². The highest BCUT2D eigenvalue weighted by Gasteiger charge is 2.00. The third kappa shape index (κ3) is 1.56. The van der Waals surface area contributed by atoms with Gasteiger partial charge in [0.05, 0.1) is 6.34 Å². The predicted octanol–water partition coefficient (Wildman–Crippen LogP) is 1.25. The maximum absolute atomic E-state index is 4.14. The Hall–Kier alpha value is -0.790. The molecule has 0 N–H and O–H groups in total. The fourth-order valence-electron chi connectivity index (χ4n) is 0.813. The standard InChI is InChI=1S/C7H12N2/c1-7-4-3-5-8-6-9(7)2/h6H,1,3-5H2,2H3. The molecule has 1 aliphatic heterocycles. The van der Waals surface area contributed by atoms with Gasteiger partial charge in [0, 0.05) is 19.3 Å². The minimum atomic E-state index is 0.948. The molecule has 9 heavy (non-hydrogen) atoms. The molecule has 0 bridgehead atoms. The minimum Gasteiger partial charge on any atom is -0.340 e. The van der Waals surface area contributed by atoms with Crippen LogP contribution in [0.2, 0.25) is 0 Å². The smallest absolute Gasteiger partial charge is 0.0888 e. The van der Waals surface area contributed by atoms with Gasteiger partial charge in [0.1, 0.15) is 0 Å². The lowest BCUT2D eigenvalue weighted by molar-refractivity contribution is 0.614. The van der Waals surface area contributed by atoms with Crippen LogP contribution < -0.4 is 0 Å². The van der Waals surface area contributed by atoms with E-state index in [0.717, 1.165) is 25.1 Å². The Bertz CT molecular complexity index is 138. The summed E-state index contributed by atoms with van der Waals surface area (Å²) in [5.41, 5.74) is 1.16. The highest BCUT2D eigenvalue weighted by molar-refractivity contribution is 5.57. The highest BCUT2D eigenvalue weighted by Crippen LogP contribution is 2.07. The number of rotatable bonds is 0. The fourth-order valence-corrected chi connectivity index (χ4v) is 0.813. The average Bonchev–Trinajstić information content (AvgIpc) is 1.99. The summed E-state index contributed by atoms with van der Waals surface area (Å²) in [5, 5.41) is 0. The summed E-state index contributed by atoms with van der Waals surface area (Å²) < 4.78 is 0. The molecule has 1 aliphatic rings. The second-order valence-corrected chi connectivity index (χ2v) is 2.30. The summed E-state index contributed by atoms with van der Waals surface area (Å²) in [4.78, 5) is 6.12. The Balaban J connectivity index is 2.56. The van der Waals surface area contributed by atoms with Crippen LogP contribution in [0, 0.1) is 0 Å². The lowest BCUT2D eigenvalue weighted by Crippen LogP contribution is -2.12. The summed E-state index contributed by atoms with van der Waals surface area (Å²) in [7, 11) is 1.98. The molecule has 2 nitrogen and oxygen atoms in total. The normalized spacial score (nSPS) is 20.1. The largest absolute Gasteiger partial charge is 0.340 e. The van der Waals surface area contributed by atoms with E-state index in [1.807, 2.05) is 18.3 Å². The van der Waals surface area contributed by atoms with E-state index in [1.54, 1.807) is 0 Å². The molecule has 0 spiro atoms. The molecule has 0 saturated carbocycles. The van der Waals surface area contributed by atoms with Gasteiger partial charge in [0.15, 0.2) is 0 Å². The van der Waals surface area contributed by atoms with Crippen LogP contribution in [0.5, 0.6) is 0 Å². The number of aliphatic imine (C=N–C) groups is 1. The van der Waals surface area contributed by atoms with Gasteiger partial charge in [-0.3, -0.25) is 4.99 Å². The lowest BCUT2D eigenvalue weighted by Gasteiger charge is -2.12. The van der Waals surface area contributed by atoms with E-state index >= 15 is 0 Å². The van der Waals surface area contributed by atoms with Gasteiger partial charge < -0.3 is 4.90 Å². The van der Waals surface area contributed by atoms with Crippen LogP contribution in [-0.4, -0.2) is 24.8 Å². The SMILES string of the molecule is C=C1CCCN=CN1C. The molecule has 0 aromatic rings. The van der Waals surface area contributed by atoms with Crippen molar-refractivity contribution in [2.24, 2.45) is 4.99 Å². The maximum Gasteiger partial charge on any atom is 0.0888 e. The van der Waals surface area contributed by atoms with Gasteiger partial charge in [-0.05, 0) is 12.8 Å². The van der Waals surface area contributed by atoms with Crippen molar-refractivity contribution in [2.75, 3.05) is 13.6 Å². The molecule has 1 rings (SSSR count). The third-order valence-electron chi connectivity index (χ3n) is 1.51. The first-order valence-corrected chi connectivity index (χ1v) is 3.21. The van der Waals surface area contributed by atoms with Crippen molar-refractivity contribution in [2.45, 2.75) is 12.8 Å². The van der Waals surface area contributed by atoms with E-state index < -0.39 is 0 Å². The number of allylic oxidation sites excluding steroid dienone is 1. The quantitative estimate of drug-likeness (QED) is 0.474. The predicted molar refractivity (Wildman–Crippen MR) is 39.5 cm³/mol. The van der Waals surface area contributed by atoms with Gasteiger partial charge in [-0.15, -0.1) is 0 Å². The molecule has 0 saturated heterocycles. The van der Waals surface area contributed by atoms with E-state index in [2.05, 4.69) is 11.6 Å². The van der Waals surface area contributed by atoms with Gasteiger partial charge >= 0.3 is 0 Å². The number of hydrogen-bond acceptors (Lipinski definition) is 2. The molecular formula is C7H12N2. The zero-order valence-electron chi connectivity index (χ0n) is 5.80. The van der Waals surface area contributed by atoms with Crippen molar-refractivity contribution in [3.8, 4) is 0 Å². The van der Waals surface area contributed by atoms with Crippen LogP contribution in [0.4, 0.5) is 0 Å². The molecule has 0 amide bonds. The fraction of sp³-hybridized carbons (Fsp3) is 0.571. The zero-order chi connectivity index (χ0) is 6.69. The first-order chi connectivity index (χ1) is 4.30. The number of nitrogens with zero attached hydrogens (tertiary/aromatic N) is 2. The van der Waals surface area contributed by atoms with Crippen LogP contribution in [0.25, 0.3) is 0 Å². The molecule has 1 heterocycles. The summed E-state index contributed by atoms with van der Waals surface area (Å²) in [5.74, 6) is 0. The molecule has 0 aromatic carbocycles. The third-order valence-corrected chi connectivity index (χ3v) is 1.51. The minimum absolute atomic E-state index is 0.948. The Kier molecular flexibility index (Phi) is 1.88. The van der Waals surface area contributed by atoms with E-state index in [9.17, 15) is 0 Å². The average molecular weight is 124 g/mol. The van der Waals surface area contributed by atoms with E-state index in [-0.39, 0.29) is 0 Å².